The van der Waals surface area contributed by atoms with E-state index < -0.39 is 31.7 Å². The molecule has 0 radical (unpaired) electrons. The molecule has 0 atom stereocenters. The summed E-state index contributed by atoms with van der Waals surface area (Å²) in [6.07, 6.45) is 7.03. The van der Waals surface area contributed by atoms with Gasteiger partial charge in [0, 0.05) is 24.8 Å². The van der Waals surface area contributed by atoms with E-state index in [0.29, 0.717) is 0 Å². The predicted octanol–water partition coefficient (Wildman–Crippen LogP) is 1.71. The maximum atomic E-state index is 10.1. The second kappa shape index (κ2) is 12.5. The minimum atomic E-state index is -4.02. The van der Waals surface area contributed by atoms with Gasteiger partial charge < -0.3 is 0 Å². The largest absolute Gasteiger partial charge is 0.286 e. The van der Waals surface area contributed by atoms with Gasteiger partial charge in [-0.1, -0.05) is 12.1 Å². The Kier molecular flexibility index (Phi) is 11.5. The summed E-state index contributed by atoms with van der Waals surface area (Å²) in [4.78, 5) is 7.57. The van der Waals surface area contributed by atoms with Crippen LogP contribution in [0, 0.1) is 0 Å². The molecule has 0 saturated heterocycles. The van der Waals surface area contributed by atoms with Crippen LogP contribution in [0.4, 0.5) is 0 Å². The van der Waals surface area contributed by atoms with Crippen molar-refractivity contribution in [3.05, 3.63) is 61.2 Å². The number of unbranched alkanes of at least 4 members (excludes halogenated alkanes) is 1. The van der Waals surface area contributed by atoms with Crippen LogP contribution in [0.3, 0.4) is 0 Å². The Bertz CT molecular complexity index is 603. The lowest BCUT2D eigenvalue weighted by Crippen LogP contribution is -2.08. The number of nitrogens with zero attached hydrogens (tertiary/aromatic N) is 2. The average molecular weight is 376 g/mol. The summed E-state index contributed by atoms with van der Waals surface area (Å²) in [6, 6.07) is 11.4. The van der Waals surface area contributed by atoms with Crippen molar-refractivity contribution in [1.29, 1.82) is 0 Å². The molecule has 0 aliphatic carbocycles. The standard InChI is InChI=1S/2C5H5N.C4H10O6S2/c2*1-2-4-6-5-3-1;5-11(6,7)3-1-2-4-12(8,9)10/h2*1-5H;1-4H2,(H,5,6,7)(H,8,9,10). The fourth-order valence-electron chi connectivity index (χ4n) is 1.19. The summed E-state index contributed by atoms with van der Waals surface area (Å²) in [5, 5.41) is 0. The van der Waals surface area contributed by atoms with Crippen molar-refractivity contribution in [3.63, 3.8) is 0 Å². The van der Waals surface area contributed by atoms with Crippen LogP contribution < -0.4 is 0 Å². The van der Waals surface area contributed by atoms with E-state index >= 15 is 0 Å². The molecule has 8 nitrogen and oxygen atoms in total. The topological polar surface area (TPSA) is 135 Å². The first-order valence-corrected chi connectivity index (χ1v) is 10.0. The zero-order valence-electron chi connectivity index (χ0n) is 12.8. The van der Waals surface area contributed by atoms with Crippen LogP contribution in [0.1, 0.15) is 12.8 Å². The minimum absolute atomic E-state index is 0.0125. The van der Waals surface area contributed by atoms with Crippen LogP contribution in [0.2, 0.25) is 0 Å². The molecule has 0 fully saturated rings. The van der Waals surface area contributed by atoms with Gasteiger partial charge in [-0.3, -0.25) is 19.1 Å². The molecule has 0 bridgehead atoms. The molecular formula is C14H20N2O6S2. The normalized spacial score (nSPS) is 10.6. The Hall–Kier alpha value is -1.88. The van der Waals surface area contributed by atoms with Gasteiger partial charge in [-0.15, -0.1) is 0 Å². The molecule has 0 aromatic carbocycles. The first-order valence-electron chi connectivity index (χ1n) is 6.81. The van der Waals surface area contributed by atoms with Gasteiger partial charge in [0.1, 0.15) is 0 Å². The monoisotopic (exact) mass is 376 g/mol. The van der Waals surface area contributed by atoms with Gasteiger partial charge in [0.2, 0.25) is 0 Å². The Morgan fingerprint density at radius 2 is 0.875 bits per heavy atom. The van der Waals surface area contributed by atoms with Crippen molar-refractivity contribution >= 4 is 20.2 Å². The first-order chi connectivity index (χ1) is 11.2. The third-order valence-corrected chi connectivity index (χ3v) is 3.80. The van der Waals surface area contributed by atoms with Gasteiger partial charge in [-0.05, 0) is 37.1 Å². The Balaban J connectivity index is 0.000000364. The van der Waals surface area contributed by atoms with E-state index in [-0.39, 0.29) is 12.8 Å². The smallest absolute Gasteiger partial charge is 0.264 e. The van der Waals surface area contributed by atoms with Gasteiger partial charge in [-0.2, -0.15) is 16.8 Å². The Morgan fingerprint density at radius 1 is 0.583 bits per heavy atom. The lowest BCUT2D eigenvalue weighted by molar-refractivity contribution is 0.473. The van der Waals surface area contributed by atoms with E-state index in [4.69, 9.17) is 9.11 Å². The highest BCUT2D eigenvalue weighted by Crippen LogP contribution is 1.96. The van der Waals surface area contributed by atoms with Crippen LogP contribution in [-0.4, -0.2) is 47.4 Å². The van der Waals surface area contributed by atoms with Crippen molar-refractivity contribution in [1.82, 2.24) is 9.97 Å². The number of pyridine rings is 2. The molecular weight excluding hydrogens is 356 g/mol. The zero-order chi connectivity index (χ0) is 18.3. The van der Waals surface area contributed by atoms with E-state index in [1.54, 1.807) is 24.8 Å². The van der Waals surface area contributed by atoms with E-state index in [9.17, 15) is 16.8 Å². The van der Waals surface area contributed by atoms with Crippen molar-refractivity contribution in [2.75, 3.05) is 11.5 Å². The number of hydrogen-bond donors (Lipinski definition) is 2. The van der Waals surface area contributed by atoms with Crippen LogP contribution in [0.25, 0.3) is 0 Å². The fraction of sp³-hybridized carbons (Fsp3) is 0.286. The third kappa shape index (κ3) is 20.1. The van der Waals surface area contributed by atoms with E-state index in [0.717, 1.165) is 0 Å². The zero-order valence-corrected chi connectivity index (χ0v) is 14.5. The third-order valence-electron chi connectivity index (χ3n) is 2.19. The lowest BCUT2D eigenvalue weighted by Gasteiger charge is -1.96. The molecule has 2 aromatic rings. The molecule has 0 saturated carbocycles. The second-order valence-electron chi connectivity index (χ2n) is 4.33. The molecule has 2 N–H and O–H groups in total. The molecule has 24 heavy (non-hydrogen) atoms. The summed E-state index contributed by atoms with van der Waals surface area (Å²) in [7, 11) is -8.04. The summed E-state index contributed by atoms with van der Waals surface area (Å²) in [5.41, 5.74) is 0. The van der Waals surface area contributed by atoms with Gasteiger partial charge >= 0.3 is 0 Å². The van der Waals surface area contributed by atoms with E-state index in [2.05, 4.69) is 9.97 Å². The van der Waals surface area contributed by atoms with E-state index in [1.165, 1.54) is 0 Å². The van der Waals surface area contributed by atoms with Crippen molar-refractivity contribution in [2.24, 2.45) is 0 Å². The number of aromatic nitrogens is 2. The van der Waals surface area contributed by atoms with Crippen molar-refractivity contribution in [2.45, 2.75) is 12.8 Å². The molecule has 0 unspecified atom stereocenters. The molecule has 134 valence electrons. The maximum Gasteiger partial charge on any atom is 0.264 e. The maximum absolute atomic E-state index is 10.1. The molecule has 0 amide bonds. The highest BCUT2D eigenvalue weighted by molar-refractivity contribution is 7.86. The van der Waals surface area contributed by atoms with Crippen LogP contribution in [0.5, 0.6) is 0 Å². The summed E-state index contributed by atoms with van der Waals surface area (Å²) in [5.74, 6) is -0.967. The molecule has 2 aromatic heterocycles. The van der Waals surface area contributed by atoms with Gasteiger partial charge in [0.15, 0.2) is 0 Å². The van der Waals surface area contributed by atoms with Crippen molar-refractivity contribution < 1.29 is 25.9 Å². The Labute approximate surface area is 142 Å². The average Bonchev–Trinajstić information content (AvgIpc) is 2.55. The first kappa shape index (κ1) is 22.1. The number of rotatable bonds is 5. The van der Waals surface area contributed by atoms with Crippen LogP contribution in [-0.2, 0) is 20.2 Å². The van der Waals surface area contributed by atoms with Gasteiger partial charge in [0.25, 0.3) is 20.2 Å². The SMILES string of the molecule is O=S(=O)(O)CCCCS(=O)(=O)O.c1ccncc1.c1ccncc1. The molecule has 0 spiro atoms. The van der Waals surface area contributed by atoms with Crippen molar-refractivity contribution in [3.8, 4) is 0 Å². The van der Waals surface area contributed by atoms with Gasteiger partial charge in [-0.25, -0.2) is 0 Å². The van der Waals surface area contributed by atoms with E-state index in [1.807, 2.05) is 36.4 Å². The van der Waals surface area contributed by atoms with Crippen LogP contribution in [0.15, 0.2) is 61.2 Å². The quantitative estimate of drug-likeness (QED) is 0.595. The Morgan fingerprint density at radius 3 is 1.00 bits per heavy atom. The highest BCUT2D eigenvalue weighted by atomic mass is 32.2. The predicted molar refractivity (Wildman–Crippen MR) is 90.5 cm³/mol. The molecule has 10 heteroatoms. The summed E-state index contributed by atoms with van der Waals surface area (Å²) >= 11 is 0. The molecule has 2 heterocycles. The molecule has 0 aliphatic rings. The number of hydrogen-bond acceptors (Lipinski definition) is 6. The highest BCUT2D eigenvalue weighted by Gasteiger charge is 2.07. The van der Waals surface area contributed by atoms with Crippen LogP contribution >= 0.6 is 0 Å². The lowest BCUT2D eigenvalue weighted by atomic mass is 10.4. The summed E-state index contributed by atoms with van der Waals surface area (Å²) < 4.78 is 56.8. The fourth-order valence-corrected chi connectivity index (χ4v) is 2.33. The minimum Gasteiger partial charge on any atom is -0.286 e. The van der Waals surface area contributed by atoms with Gasteiger partial charge in [0.05, 0.1) is 11.5 Å². The molecule has 0 aliphatic heterocycles. The summed E-state index contributed by atoms with van der Waals surface area (Å²) in [6.45, 7) is 0. The second-order valence-corrected chi connectivity index (χ2v) is 7.47. The molecule has 2 rings (SSSR count).